The van der Waals surface area contributed by atoms with Crippen LogP contribution in [0.1, 0.15) is 17.0 Å². The van der Waals surface area contributed by atoms with Crippen LogP contribution in [0.3, 0.4) is 0 Å². The Hall–Kier alpha value is -1.38. The first-order chi connectivity index (χ1) is 5.22. The molecule has 0 unspecified atom stereocenters. The maximum atomic E-state index is 8.25. The highest BCUT2D eigenvalue weighted by Crippen LogP contribution is 2.01. The highest BCUT2D eigenvalue weighted by molar-refractivity contribution is 5.79. The molecule has 0 saturated heterocycles. The normalized spacial score (nSPS) is 10.7. The monoisotopic (exact) mass is 150 g/mol. The summed E-state index contributed by atoms with van der Waals surface area (Å²) in [7, 11) is 0. The number of hydrogen-bond donors (Lipinski definition) is 1. The summed E-state index contributed by atoms with van der Waals surface area (Å²) < 4.78 is 0. The molecule has 58 valence electrons. The van der Waals surface area contributed by atoms with E-state index in [2.05, 4.69) is 10.1 Å². The molecule has 0 amide bonds. The standard InChI is InChI=1S/C8H10N2O/c1-6-3-8(5-9-11)4-7(2)10-6/h3-5,11H,1-2H3/b9-5+. The van der Waals surface area contributed by atoms with E-state index >= 15 is 0 Å². The van der Waals surface area contributed by atoms with Crippen molar-refractivity contribution < 1.29 is 5.21 Å². The highest BCUT2D eigenvalue weighted by atomic mass is 16.4. The first-order valence-electron chi connectivity index (χ1n) is 3.35. The lowest BCUT2D eigenvalue weighted by Crippen LogP contribution is -1.89. The molecule has 0 atom stereocenters. The molecule has 3 heteroatoms. The molecule has 0 bridgehead atoms. The quantitative estimate of drug-likeness (QED) is 0.374. The highest BCUT2D eigenvalue weighted by Gasteiger charge is 1.92. The lowest BCUT2D eigenvalue weighted by Gasteiger charge is -1.96. The van der Waals surface area contributed by atoms with Crippen molar-refractivity contribution in [2.45, 2.75) is 13.8 Å². The van der Waals surface area contributed by atoms with Gasteiger partial charge in [0.05, 0.1) is 6.21 Å². The molecule has 0 aliphatic heterocycles. The van der Waals surface area contributed by atoms with Gasteiger partial charge in [-0.25, -0.2) is 0 Å². The largest absolute Gasteiger partial charge is 0.411 e. The number of hydrogen-bond acceptors (Lipinski definition) is 3. The van der Waals surface area contributed by atoms with Crippen LogP contribution in [0.25, 0.3) is 0 Å². The summed E-state index contributed by atoms with van der Waals surface area (Å²) in [5, 5.41) is 11.2. The summed E-state index contributed by atoms with van der Waals surface area (Å²) in [6, 6.07) is 3.71. The molecule has 1 heterocycles. The topological polar surface area (TPSA) is 45.5 Å². The van der Waals surface area contributed by atoms with Gasteiger partial charge in [0.1, 0.15) is 0 Å². The molecule has 0 radical (unpaired) electrons. The zero-order chi connectivity index (χ0) is 8.27. The van der Waals surface area contributed by atoms with Gasteiger partial charge in [0.2, 0.25) is 0 Å². The minimum Gasteiger partial charge on any atom is -0.411 e. The molecule has 0 aliphatic rings. The van der Waals surface area contributed by atoms with E-state index in [1.807, 2.05) is 26.0 Å². The van der Waals surface area contributed by atoms with Gasteiger partial charge in [0.15, 0.2) is 0 Å². The molecular weight excluding hydrogens is 140 g/mol. The molecule has 11 heavy (non-hydrogen) atoms. The molecular formula is C8H10N2O. The van der Waals surface area contributed by atoms with Crippen LogP contribution in [0.4, 0.5) is 0 Å². The van der Waals surface area contributed by atoms with Crippen LogP contribution >= 0.6 is 0 Å². The van der Waals surface area contributed by atoms with Gasteiger partial charge in [0, 0.05) is 11.4 Å². The van der Waals surface area contributed by atoms with E-state index in [4.69, 9.17) is 5.21 Å². The van der Waals surface area contributed by atoms with Crippen molar-refractivity contribution in [3.8, 4) is 0 Å². The lowest BCUT2D eigenvalue weighted by molar-refractivity contribution is 0.322. The van der Waals surface area contributed by atoms with Crippen molar-refractivity contribution >= 4 is 6.21 Å². The van der Waals surface area contributed by atoms with Gasteiger partial charge in [-0.1, -0.05) is 5.16 Å². The SMILES string of the molecule is Cc1cc(/C=N/O)cc(C)n1. The Balaban J connectivity index is 3.08. The summed E-state index contributed by atoms with van der Waals surface area (Å²) in [6.07, 6.45) is 1.39. The van der Waals surface area contributed by atoms with E-state index in [0.717, 1.165) is 17.0 Å². The van der Waals surface area contributed by atoms with Gasteiger partial charge in [-0.3, -0.25) is 4.98 Å². The van der Waals surface area contributed by atoms with E-state index in [-0.39, 0.29) is 0 Å². The molecule has 0 fully saturated rings. The van der Waals surface area contributed by atoms with E-state index in [1.54, 1.807) is 0 Å². The Morgan fingerprint density at radius 3 is 2.36 bits per heavy atom. The minimum absolute atomic E-state index is 0.873. The number of pyridine rings is 1. The first kappa shape index (κ1) is 7.72. The molecule has 3 nitrogen and oxygen atoms in total. The molecule has 0 aromatic carbocycles. The van der Waals surface area contributed by atoms with Crippen LogP contribution in [0.2, 0.25) is 0 Å². The third-order valence-corrected chi connectivity index (χ3v) is 1.31. The zero-order valence-corrected chi connectivity index (χ0v) is 6.57. The van der Waals surface area contributed by atoms with Gasteiger partial charge in [-0.05, 0) is 31.5 Å². The van der Waals surface area contributed by atoms with Crippen molar-refractivity contribution in [3.05, 3.63) is 29.1 Å². The minimum atomic E-state index is 0.873. The Morgan fingerprint density at radius 2 is 1.91 bits per heavy atom. The Kier molecular flexibility index (Phi) is 2.21. The molecule has 1 N–H and O–H groups in total. The second-order valence-corrected chi connectivity index (χ2v) is 2.43. The van der Waals surface area contributed by atoms with Gasteiger partial charge in [-0.2, -0.15) is 0 Å². The van der Waals surface area contributed by atoms with Gasteiger partial charge >= 0.3 is 0 Å². The number of aromatic nitrogens is 1. The summed E-state index contributed by atoms with van der Waals surface area (Å²) >= 11 is 0. The molecule has 0 spiro atoms. The summed E-state index contributed by atoms with van der Waals surface area (Å²) in [5.41, 5.74) is 2.73. The van der Waals surface area contributed by atoms with Crippen LogP contribution in [-0.4, -0.2) is 16.4 Å². The Morgan fingerprint density at radius 1 is 1.36 bits per heavy atom. The number of oxime groups is 1. The lowest BCUT2D eigenvalue weighted by atomic mass is 10.2. The Bertz CT molecular complexity index is 261. The van der Waals surface area contributed by atoms with Crippen molar-refractivity contribution in [3.63, 3.8) is 0 Å². The van der Waals surface area contributed by atoms with Gasteiger partial charge in [0.25, 0.3) is 0 Å². The van der Waals surface area contributed by atoms with Crippen molar-refractivity contribution in [2.24, 2.45) is 5.16 Å². The summed E-state index contributed by atoms with van der Waals surface area (Å²) in [4.78, 5) is 4.17. The van der Waals surface area contributed by atoms with Crippen molar-refractivity contribution in [1.29, 1.82) is 0 Å². The molecule has 1 rings (SSSR count). The van der Waals surface area contributed by atoms with Crippen LogP contribution in [0.15, 0.2) is 17.3 Å². The maximum Gasteiger partial charge on any atom is 0.0735 e. The number of aryl methyl sites for hydroxylation is 2. The predicted octanol–water partition coefficient (Wildman–Crippen LogP) is 1.51. The third kappa shape index (κ3) is 2.04. The smallest absolute Gasteiger partial charge is 0.0735 e. The molecule has 0 saturated carbocycles. The Labute approximate surface area is 65.4 Å². The van der Waals surface area contributed by atoms with E-state index in [1.165, 1.54) is 6.21 Å². The summed E-state index contributed by atoms with van der Waals surface area (Å²) in [5.74, 6) is 0. The molecule has 1 aromatic heterocycles. The number of nitrogens with zero attached hydrogens (tertiary/aromatic N) is 2. The predicted molar refractivity (Wildman–Crippen MR) is 43.1 cm³/mol. The van der Waals surface area contributed by atoms with Crippen LogP contribution in [0.5, 0.6) is 0 Å². The second kappa shape index (κ2) is 3.14. The van der Waals surface area contributed by atoms with E-state index in [0.29, 0.717) is 0 Å². The maximum absolute atomic E-state index is 8.25. The van der Waals surface area contributed by atoms with Crippen molar-refractivity contribution in [1.82, 2.24) is 4.98 Å². The fourth-order valence-electron chi connectivity index (χ4n) is 1.01. The van der Waals surface area contributed by atoms with Crippen LogP contribution < -0.4 is 0 Å². The fraction of sp³-hybridized carbons (Fsp3) is 0.250. The fourth-order valence-corrected chi connectivity index (χ4v) is 1.01. The third-order valence-electron chi connectivity index (χ3n) is 1.31. The van der Waals surface area contributed by atoms with Gasteiger partial charge in [-0.15, -0.1) is 0 Å². The number of rotatable bonds is 1. The molecule has 0 aliphatic carbocycles. The average molecular weight is 150 g/mol. The average Bonchev–Trinajstić information content (AvgIpc) is 1.85. The zero-order valence-electron chi connectivity index (χ0n) is 6.57. The summed E-state index contributed by atoms with van der Waals surface area (Å²) in [6.45, 7) is 3.81. The van der Waals surface area contributed by atoms with E-state index < -0.39 is 0 Å². The first-order valence-corrected chi connectivity index (χ1v) is 3.35. The van der Waals surface area contributed by atoms with E-state index in [9.17, 15) is 0 Å². The van der Waals surface area contributed by atoms with Crippen LogP contribution in [-0.2, 0) is 0 Å². The van der Waals surface area contributed by atoms with Gasteiger partial charge < -0.3 is 5.21 Å². The second-order valence-electron chi connectivity index (χ2n) is 2.43. The molecule has 1 aromatic rings. The van der Waals surface area contributed by atoms with Crippen molar-refractivity contribution in [2.75, 3.05) is 0 Å². The van der Waals surface area contributed by atoms with Crippen LogP contribution in [0, 0.1) is 13.8 Å².